The minimum Gasteiger partial charge on any atom is -0.463 e. The fraction of sp³-hybridized carbons (Fsp3) is 0.273. The quantitative estimate of drug-likeness (QED) is 0.370. The molecule has 1 rings (SSSR count). The summed E-state index contributed by atoms with van der Waals surface area (Å²) < 4.78 is 43.4. The van der Waals surface area contributed by atoms with Gasteiger partial charge in [-0.05, 0) is 35.0 Å². The van der Waals surface area contributed by atoms with E-state index in [4.69, 9.17) is 0 Å². The van der Waals surface area contributed by atoms with Crippen LogP contribution in [0.3, 0.4) is 0 Å². The van der Waals surface area contributed by atoms with E-state index < -0.39 is 39.6 Å². The number of carbonyl (C=O) groups is 2. The van der Waals surface area contributed by atoms with Crippen LogP contribution in [0.15, 0.2) is 16.6 Å². The topological polar surface area (TPSA) is 43.4 Å². The SMILES string of the molecule is CCOC(=O)C(F)C(=O)c1cc(F)c(Br)c(F)c1. The second kappa shape index (κ2) is 5.99. The van der Waals surface area contributed by atoms with Gasteiger partial charge in [-0.15, -0.1) is 0 Å². The molecule has 0 aliphatic carbocycles. The van der Waals surface area contributed by atoms with Gasteiger partial charge in [0.1, 0.15) is 11.6 Å². The van der Waals surface area contributed by atoms with Crippen molar-refractivity contribution in [3.63, 3.8) is 0 Å². The summed E-state index contributed by atoms with van der Waals surface area (Å²) in [5.74, 6) is -4.85. The lowest BCUT2D eigenvalue weighted by Crippen LogP contribution is -2.28. The van der Waals surface area contributed by atoms with Crippen molar-refractivity contribution in [1.82, 2.24) is 0 Å². The summed E-state index contributed by atoms with van der Waals surface area (Å²) in [5.41, 5.74) is -0.575. The first-order valence-corrected chi connectivity index (χ1v) is 5.67. The van der Waals surface area contributed by atoms with Crippen LogP contribution in [0.4, 0.5) is 13.2 Å². The molecule has 0 aliphatic rings. The highest BCUT2D eigenvalue weighted by molar-refractivity contribution is 9.10. The van der Waals surface area contributed by atoms with Crippen molar-refractivity contribution in [1.29, 1.82) is 0 Å². The Morgan fingerprint density at radius 2 is 1.83 bits per heavy atom. The van der Waals surface area contributed by atoms with Crippen molar-refractivity contribution in [3.05, 3.63) is 33.8 Å². The second-order valence-electron chi connectivity index (χ2n) is 3.23. The van der Waals surface area contributed by atoms with E-state index in [1.165, 1.54) is 6.92 Å². The van der Waals surface area contributed by atoms with E-state index in [1.54, 1.807) is 0 Å². The van der Waals surface area contributed by atoms with Gasteiger partial charge in [0.15, 0.2) is 0 Å². The molecular weight excluding hydrogens is 317 g/mol. The summed E-state index contributed by atoms with van der Waals surface area (Å²) in [6, 6.07) is 1.28. The number of esters is 1. The number of benzene rings is 1. The Labute approximate surface area is 109 Å². The highest BCUT2D eigenvalue weighted by Gasteiger charge is 2.29. The zero-order valence-electron chi connectivity index (χ0n) is 9.18. The second-order valence-corrected chi connectivity index (χ2v) is 4.03. The van der Waals surface area contributed by atoms with Crippen molar-refractivity contribution >= 4 is 27.7 Å². The smallest absolute Gasteiger partial charge is 0.348 e. The van der Waals surface area contributed by atoms with Crippen molar-refractivity contribution in [3.8, 4) is 0 Å². The highest BCUT2D eigenvalue weighted by atomic mass is 79.9. The lowest BCUT2D eigenvalue weighted by Gasteiger charge is -2.07. The highest BCUT2D eigenvalue weighted by Crippen LogP contribution is 2.22. The molecule has 1 aromatic rings. The number of hydrogen-bond acceptors (Lipinski definition) is 3. The molecule has 0 saturated carbocycles. The maximum Gasteiger partial charge on any atom is 0.348 e. The summed E-state index contributed by atoms with van der Waals surface area (Å²) >= 11 is 2.61. The van der Waals surface area contributed by atoms with Gasteiger partial charge in [-0.2, -0.15) is 0 Å². The lowest BCUT2D eigenvalue weighted by atomic mass is 10.1. The third-order valence-corrected chi connectivity index (χ3v) is 2.75. The minimum absolute atomic E-state index is 0.102. The van der Waals surface area contributed by atoms with Crippen LogP contribution in [-0.2, 0) is 9.53 Å². The zero-order chi connectivity index (χ0) is 13.9. The van der Waals surface area contributed by atoms with Gasteiger partial charge in [-0.25, -0.2) is 18.0 Å². The molecule has 7 heteroatoms. The van der Waals surface area contributed by atoms with Crippen molar-refractivity contribution in [2.45, 2.75) is 13.1 Å². The van der Waals surface area contributed by atoms with Crippen molar-refractivity contribution < 1.29 is 27.5 Å². The Morgan fingerprint density at radius 1 is 1.33 bits per heavy atom. The average molecular weight is 325 g/mol. The molecule has 0 radical (unpaired) electrons. The van der Waals surface area contributed by atoms with Crippen LogP contribution < -0.4 is 0 Å². The number of hydrogen-bond donors (Lipinski definition) is 0. The summed E-state index contributed by atoms with van der Waals surface area (Å²) in [6.45, 7) is 1.34. The maximum atomic E-state index is 13.3. The predicted molar refractivity (Wildman–Crippen MR) is 59.9 cm³/mol. The molecule has 1 atom stereocenters. The molecule has 1 unspecified atom stereocenters. The molecule has 0 spiro atoms. The molecular formula is C11H8BrF3O3. The van der Waals surface area contributed by atoms with Gasteiger partial charge in [0.05, 0.1) is 11.1 Å². The normalized spacial score (nSPS) is 12.1. The van der Waals surface area contributed by atoms with Crippen LogP contribution in [0.1, 0.15) is 17.3 Å². The van der Waals surface area contributed by atoms with E-state index in [-0.39, 0.29) is 6.61 Å². The Hall–Kier alpha value is -1.37. The molecule has 0 heterocycles. The molecule has 3 nitrogen and oxygen atoms in total. The molecule has 0 aromatic heterocycles. The van der Waals surface area contributed by atoms with Crippen LogP contribution in [-0.4, -0.2) is 24.5 Å². The molecule has 18 heavy (non-hydrogen) atoms. The summed E-state index contributed by atoms with van der Waals surface area (Å²) in [6.07, 6.45) is -2.59. The fourth-order valence-corrected chi connectivity index (χ4v) is 1.40. The Balaban J connectivity index is 3.01. The van der Waals surface area contributed by atoms with Crippen LogP contribution >= 0.6 is 15.9 Å². The molecule has 0 aliphatic heterocycles. The monoisotopic (exact) mass is 324 g/mol. The summed E-state index contributed by atoms with van der Waals surface area (Å²) in [4.78, 5) is 22.4. The number of carbonyl (C=O) groups excluding carboxylic acids is 2. The average Bonchev–Trinajstić information content (AvgIpc) is 2.33. The molecule has 0 bridgehead atoms. The van der Waals surface area contributed by atoms with Crippen LogP contribution in [0.2, 0.25) is 0 Å². The van der Waals surface area contributed by atoms with E-state index >= 15 is 0 Å². The number of ether oxygens (including phenoxy) is 1. The number of Topliss-reactive ketones (excluding diaryl/α,β-unsaturated/α-hetero) is 1. The number of ketones is 1. The van der Waals surface area contributed by atoms with Gasteiger partial charge in [0.2, 0.25) is 5.78 Å². The van der Waals surface area contributed by atoms with E-state index in [0.717, 1.165) is 0 Å². The number of alkyl halides is 1. The minimum atomic E-state index is -2.59. The van der Waals surface area contributed by atoms with Crippen molar-refractivity contribution in [2.75, 3.05) is 6.61 Å². The largest absolute Gasteiger partial charge is 0.463 e. The fourth-order valence-electron chi connectivity index (χ4n) is 1.17. The molecule has 0 saturated heterocycles. The van der Waals surface area contributed by atoms with Gasteiger partial charge >= 0.3 is 5.97 Å². The predicted octanol–water partition coefficient (Wildman–Crippen LogP) is 2.81. The van der Waals surface area contributed by atoms with Crippen LogP contribution in [0.25, 0.3) is 0 Å². The molecule has 0 N–H and O–H groups in total. The Kier molecular flexibility index (Phi) is 4.89. The first-order valence-electron chi connectivity index (χ1n) is 4.88. The van der Waals surface area contributed by atoms with E-state index in [0.29, 0.717) is 12.1 Å². The van der Waals surface area contributed by atoms with E-state index in [1.807, 2.05) is 0 Å². The molecule has 1 aromatic carbocycles. The van der Waals surface area contributed by atoms with Gasteiger partial charge < -0.3 is 4.74 Å². The van der Waals surface area contributed by atoms with E-state index in [2.05, 4.69) is 20.7 Å². The number of rotatable bonds is 4. The molecule has 0 fully saturated rings. The standard InChI is InChI=1S/C11H8BrF3O3/c1-2-18-11(17)9(15)10(16)5-3-6(13)8(12)7(14)4-5/h3-4,9H,2H2,1H3. The Bertz CT molecular complexity index is 467. The molecule has 98 valence electrons. The maximum absolute atomic E-state index is 13.3. The van der Waals surface area contributed by atoms with Gasteiger partial charge in [-0.3, -0.25) is 4.79 Å². The third-order valence-electron chi connectivity index (χ3n) is 1.99. The number of halogens is 4. The zero-order valence-corrected chi connectivity index (χ0v) is 10.8. The molecule has 0 amide bonds. The summed E-state index contributed by atoms with van der Waals surface area (Å²) in [5, 5.41) is 0. The van der Waals surface area contributed by atoms with Gasteiger partial charge in [0, 0.05) is 5.56 Å². The third kappa shape index (κ3) is 3.10. The van der Waals surface area contributed by atoms with E-state index in [9.17, 15) is 22.8 Å². The van der Waals surface area contributed by atoms with Gasteiger partial charge in [-0.1, -0.05) is 0 Å². The lowest BCUT2D eigenvalue weighted by molar-refractivity contribution is -0.147. The Morgan fingerprint density at radius 3 is 2.28 bits per heavy atom. The van der Waals surface area contributed by atoms with Gasteiger partial charge in [0.25, 0.3) is 6.17 Å². The first-order chi connectivity index (χ1) is 8.38. The van der Waals surface area contributed by atoms with Crippen LogP contribution in [0, 0.1) is 11.6 Å². The van der Waals surface area contributed by atoms with Crippen LogP contribution in [0.5, 0.6) is 0 Å². The summed E-state index contributed by atoms with van der Waals surface area (Å²) in [7, 11) is 0. The van der Waals surface area contributed by atoms with Crippen molar-refractivity contribution in [2.24, 2.45) is 0 Å². The first kappa shape index (κ1) is 14.7.